The van der Waals surface area contributed by atoms with Crippen LogP contribution in [0.5, 0.6) is 11.5 Å². The second-order valence-electron chi connectivity index (χ2n) is 5.58. The first kappa shape index (κ1) is 15.9. The number of hydrogen-bond acceptors (Lipinski definition) is 8. The van der Waals surface area contributed by atoms with Gasteiger partial charge < -0.3 is 24.6 Å². The fourth-order valence-corrected chi connectivity index (χ4v) is 2.41. The van der Waals surface area contributed by atoms with Gasteiger partial charge in [-0.1, -0.05) is 11.2 Å². The molecule has 0 fully saturated rings. The van der Waals surface area contributed by atoms with Gasteiger partial charge in [0.1, 0.15) is 11.5 Å². The predicted molar refractivity (Wildman–Crippen MR) is 91.1 cm³/mol. The van der Waals surface area contributed by atoms with Gasteiger partial charge in [0.2, 0.25) is 12.7 Å². The molecule has 0 aliphatic carbocycles. The number of nitrogens with one attached hydrogen (secondary N) is 2. The Morgan fingerprint density at radius 2 is 2.08 bits per heavy atom. The van der Waals surface area contributed by atoms with Crippen molar-refractivity contribution in [2.45, 2.75) is 13.5 Å². The molecule has 0 bridgehead atoms. The molecule has 0 spiro atoms. The summed E-state index contributed by atoms with van der Waals surface area (Å²) in [5.41, 5.74) is 1.19. The third-order valence-electron chi connectivity index (χ3n) is 3.65. The van der Waals surface area contributed by atoms with Gasteiger partial charge in [0.25, 0.3) is 5.91 Å². The number of aromatic nitrogens is 3. The first-order valence-corrected chi connectivity index (χ1v) is 7.87. The molecule has 9 nitrogen and oxygen atoms in total. The Morgan fingerprint density at radius 1 is 1.19 bits per heavy atom. The highest BCUT2D eigenvalue weighted by Gasteiger charge is 2.14. The summed E-state index contributed by atoms with van der Waals surface area (Å²) in [7, 11) is 0. The maximum Gasteiger partial charge on any atom is 0.275 e. The first-order chi connectivity index (χ1) is 12.7. The van der Waals surface area contributed by atoms with Crippen LogP contribution in [0.15, 0.2) is 41.1 Å². The number of amides is 1. The fourth-order valence-electron chi connectivity index (χ4n) is 2.41. The van der Waals surface area contributed by atoms with Gasteiger partial charge in [0.15, 0.2) is 17.3 Å². The van der Waals surface area contributed by atoms with Crippen molar-refractivity contribution >= 4 is 17.7 Å². The van der Waals surface area contributed by atoms with Crippen LogP contribution in [-0.2, 0) is 6.54 Å². The molecule has 2 N–H and O–H groups in total. The predicted octanol–water partition coefficient (Wildman–Crippen LogP) is 2.37. The Morgan fingerprint density at radius 3 is 2.92 bits per heavy atom. The summed E-state index contributed by atoms with van der Waals surface area (Å²) in [6, 6.07) is 8.80. The Kier molecular flexibility index (Phi) is 4.10. The number of benzene rings is 1. The van der Waals surface area contributed by atoms with E-state index in [4.69, 9.17) is 14.0 Å². The molecule has 0 radical (unpaired) electrons. The second-order valence-corrected chi connectivity index (χ2v) is 5.58. The molecular weight excluding hydrogens is 338 g/mol. The van der Waals surface area contributed by atoms with E-state index in [0.717, 1.165) is 11.3 Å². The minimum absolute atomic E-state index is 0.217. The van der Waals surface area contributed by atoms with Crippen molar-refractivity contribution in [2.75, 3.05) is 17.4 Å². The molecule has 0 saturated heterocycles. The van der Waals surface area contributed by atoms with Gasteiger partial charge in [-0.15, -0.1) is 0 Å². The standard InChI is InChI=1S/C17H15N5O4/c1-10-6-15(22-26-10)21-16(23)12-4-5-18-17(20-12)19-8-11-2-3-13-14(7-11)25-9-24-13/h2-7H,8-9H2,1H3,(H,18,19,20)(H,21,22,23). The van der Waals surface area contributed by atoms with Gasteiger partial charge in [-0.2, -0.15) is 0 Å². The molecule has 9 heteroatoms. The monoisotopic (exact) mass is 353 g/mol. The summed E-state index contributed by atoms with van der Waals surface area (Å²) in [4.78, 5) is 20.6. The zero-order valence-corrected chi connectivity index (χ0v) is 13.9. The molecule has 3 aromatic rings. The third kappa shape index (κ3) is 3.41. The molecular formula is C17H15N5O4. The molecule has 1 aliphatic rings. The summed E-state index contributed by atoms with van der Waals surface area (Å²) in [6.07, 6.45) is 1.51. The minimum atomic E-state index is -0.396. The number of carbonyl (C=O) groups excluding carboxylic acids is 1. The topological polar surface area (TPSA) is 111 Å². The van der Waals surface area contributed by atoms with Gasteiger partial charge in [-0.25, -0.2) is 9.97 Å². The molecule has 1 aromatic carbocycles. The molecule has 3 heterocycles. The Hall–Kier alpha value is -3.62. The van der Waals surface area contributed by atoms with Gasteiger partial charge in [0.05, 0.1) is 0 Å². The van der Waals surface area contributed by atoms with Gasteiger partial charge in [-0.3, -0.25) is 4.79 Å². The third-order valence-corrected chi connectivity index (χ3v) is 3.65. The Bertz CT molecular complexity index is 956. The van der Waals surface area contributed by atoms with Crippen molar-refractivity contribution in [1.29, 1.82) is 0 Å². The summed E-state index contributed by atoms with van der Waals surface area (Å²) >= 11 is 0. The Balaban J connectivity index is 1.41. The van der Waals surface area contributed by atoms with E-state index in [9.17, 15) is 4.79 Å². The normalized spacial score (nSPS) is 12.0. The van der Waals surface area contributed by atoms with Gasteiger partial charge in [-0.05, 0) is 30.7 Å². The number of aryl methyl sites for hydroxylation is 1. The van der Waals surface area contributed by atoms with E-state index in [0.29, 0.717) is 29.8 Å². The van der Waals surface area contributed by atoms with Crippen molar-refractivity contribution in [3.63, 3.8) is 0 Å². The quantitative estimate of drug-likeness (QED) is 0.719. The maximum absolute atomic E-state index is 12.2. The van der Waals surface area contributed by atoms with Crippen LogP contribution in [0.4, 0.5) is 11.8 Å². The molecule has 2 aromatic heterocycles. The SMILES string of the molecule is Cc1cc(NC(=O)c2ccnc(NCc3ccc4c(c3)OCO4)n2)no1. The van der Waals surface area contributed by atoms with E-state index in [1.165, 1.54) is 12.3 Å². The number of anilines is 2. The van der Waals surface area contributed by atoms with Crippen LogP contribution < -0.4 is 20.1 Å². The lowest BCUT2D eigenvalue weighted by Crippen LogP contribution is -2.15. The van der Waals surface area contributed by atoms with E-state index in [-0.39, 0.29) is 12.5 Å². The lowest BCUT2D eigenvalue weighted by atomic mass is 10.2. The van der Waals surface area contributed by atoms with E-state index in [1.54, 1.807) is 13.0 Å². The van der Waals surface area contributed by atoms with Crippen molar-refractivity contribution in [2.24, 2.45) is 0 Å². The van der Waals surface area contributed by atoms with Crippen LogP contribution in [0.3, 0.4) is 0 Å². The van der Waals surface area contributed by atoms with Crippen molar-refractivity contribution in [3.8, 4) is 11.5 Å². The minimum Gasteiger partial charge on any atom is -0.454 e. The summed E-state index contributed by atoms with van der Waals surface area (Å²) in [5, 5.41) is 9.42. The number of carbonyl (C=O) groups is 1. The van der Waals surface area contributed by atoms with Gasteiger partial charge >= 0.3 is 0 Å². The lowest BCUT2D eigenvalue weighted by molar-refractivity contribution is 0.102. The number of nitrogens with zero attached hydrogens (tertiary/aromatic N) is 3. The number of fused-ring (bicyclic) bond motifs is 1. The van der Waals surface area contributed by atoms with Crippen LogP contribution >= 0.6 is 0 Å². The Labute approximate surface area is 148 Å². The van der Waals surface area contributed by atoms with Crippen molar-refractivity contribution < 1.29 is 18.8 Å². The smallest absolute Gasteiger partial charge is 0.275 e. The van der Waals surface area contributed by atoms with Crippen LogP contribution in [0.1, 0.15) is 21.8 Å². The van der Waals surface area contributed by atoms with Gasteiger partial charge in [0, 0.05) is 18.8 Å². The molecule has 0 unspecified atom stereocenters. The number of ether oxygens (including phenoxy) is 2. The van der Waals surface area contributed by atoms with Crippen molar-refractivity contribution in [1.82, 2.24) is 15.1 Å². The highest BCUT2D eigenvalue weighted by atomic mass is 16.7. The van der Waals surface area contributed by atoms with Crippen molar-refractivity contribution in [3.05, 3.63) is 53.5 Å². The van der Waals surface area contributed by atoms with E-state index in [1.807, 2.05) is 18.2 Å². The fraction of sp³-hybridized carbons (Fsp3) is 0.176. The van der Waals surface area contributed by atoms with E-state index < -0.39 is 5.91 Å². The average molecular weight is 353 g/mol. The number of hydrogen-bond donors (Lipinski definition) is 2. The largest absolute Gasteiger partial charge is 0.454 e. The molecule has 0 saturated carbocycles. The zero-order chi connectivity index (χ0) is 17.9. The summed E-state index contributed by atoms with van der Waals surface area (Å²) in [6.45, 7) is 2.45. The molecule has 1 aliphatic heterocycles. The molecule has 26 heavy (non-hydrogen) atoms. The second kappa shape index (κ2) is 6.71. The highest BCUT2D eigenvalue weighted by Crippen LogP contribution is 2.32. The van der Waals surface area contributed by atoms with Crippen LogP contribution in [0.2, 0.25) is 0 Å². The zero-order valence-electron chi connectivity index (χ0n) is 13.9. The molecule has 1 amide bonds. The van der Waals surface area contributed by atoms with Crippen LogP contribution in [0, 0.1) is 6.92 Å². The van der Waals surface area contributed by atoms with E-state index in [2.05, 4.69) is 25.8 Å². The van der Waals surface area contributed by atoms with Crippen LogP contribution in [0.25, 0.3) is 0 Å². The lowest BCUT2D eigenvalue weighted by Gasteiger charge is -2.07. The summed E-state index contributed by atoms with van der Waals surface area (Å²) in [5.74, 6) is 2.32. The maximum atomic E-state index is 12.2. The highest BCUT2D eigenvalue weighted by molar-refractivity contribution is 6.02. The number of rotatable bonds is 5. The van der Waals surface area contributed by atoms with E-state index >= 15 is 0 Å². The average Bonchev–Trinajstić information content (AvgIpc) is 3.28. The summed E-state index contributed by atoms with van der Waals surface area (Å²) < 4.78 is 15.6. The first-order valence-electron chi connectivity index (χ1n) is 7.87. The van der Waals surface area contributed by atoms with Crippen LogP contribution in [-0.4, -0.2) is 27.8 Å². The molecule has 0 atom stereocenters. The molecule has 4 rings (SSSR count). The molecule has 132 valence electrons.